The Morgan fingerprint density at radius 1 is 1.25 bits per heavy atom. The molecule has 2 aromatic rings. The molecule has 5 nitrogen and oxygen atoms in total. The van der Waals surface area contributed by atoms with Crippen LogP contribution in [0.1, 0.15) is 32.6 Å². The molecular weight excluding hydrogens is 254 g/mol. The van der Waals surface area contributed by atoms with Crippen molar-refractivity contribution in [2.45, 2.75) is 38.1 Å². The summed E-state index contributed by atoms with van der Waals surface area (Å²) < 4.78 is 0. The molecule has 20 heavy (non-hydrogen) atoms. The van der Waals surface area contributed by atoms with E-state index in [1.165, 1.54) is 12.8 Å². The lowest BCUT2D eigenvalue weighted by atomic mass is 9.99. The first-order chi connectivity index (χ1) is 9.59. The van der Waals surface area contributed by atoms with Gasteiger partial charge in [-0.1, -0.05) is 12.8 Å². The summed E-state index contributed by atoms with van der Waals surface area (Å²) in [6, 6.07) is 5.07. The van der Waals surface area contributed by atoms with Crippen molar-refractivity contribution in [1.82, 2.24) is 4.98 Å². The topological polar surface area (TPSA) is 68.1 Å². The van der Waals surface area contributed by atoms with Crippen LogP contribution in [-0.2, 0) is 0 Å². The first kappa shape index (κ1) is 12.8. The van der Waals surface area contributed by atoms with Gasteiger partial charge in [0.2, 0.25) is 0 Å². The highest BCUT2D eigenvalue weighted by atomic mass is 16.6. The largest absolute Gasteiger partial charge is 0.379 e. The number of hydrogen-bond donors (Lipinski definition) is 1. The van der Waals surface area contributed by atoms with Crippen LogP contribution in [0.15, 0.2) is 30.6 Å². The molecule has 1 aromatic carbocycles. The number of aromatic nitrogens is 1. The van der Waals surface area contributed by atoms with Crippen molar-refractivity contribution in [3.63, 3.8) is 0 Å². The molecule has 104 valence electrons. The molecule has 1 fully saturated rings. The van der Waals surface area contributed by atoms with Gasteiger partial charge in [0.1, 0.15) is 0 Å². The van der Waals surface area contributed by atoms with Gasteiger partial charge in [0.15, 0.2) is 0 Å². The van der Waals surface area contributed by atoms with Gasteiger partial charge in [-0.05, 0) is 31.9 Å². The number of hydrogen-bond acceptors (Lipinski definition) is 4. The Bertz CT molecular complexity index is 663. The summed E-state index contributed by atoms with van der Waals surface area (Å²) in [5.74, 6) is 0. The first-order valence-electron chi connectivity index (χ1n) is 6.88. The van der Waals surface area contributed by atoms with E-state index in [4.69, 9.17) is 0 Å². The van der Waals surface area contributed by atoms with Crippen molar-refractivity contribution in [3.8, 4) is 0 Å². The molecule has 0 saturated heterocycles. The highest BCUT2D eigenvalue weighted by Gasteiger charge is 2.29. The molecule has 0 radical (unpaired) electrons. The molecule has 1 N–H and O–H groups in total. The van der Waals surface area contributed by atoms with Crippen LogP contribution in [0.4, 0.5) is 11.4 Å². The van der Waals surface area contributed by atoms with Crippen molar-refractivity contribution in [2.24, 2.45) is 0 Å². The highest BCUT2D eigenvalue weighted by molar-refractivity contribution is 5.99. The van der Waals surface area contributed by atoms with Gasteiger partial charge in [0, 0.05) is 35.1 Å². The number of rotatable bonds is 3. The van der Waals surface area contributed by atoms with E-state index >= 15 is 0 Å². The Labute approximate surface area is 117 Å². The molecule has 0 spiro atoms. The van der Waals surface area contributed by atoms with Crippen molar-refractivity contribution < 1.29 is 4.92 Å². The summed E-state index contributed by atoms with van der Waals surface area (Å²) >= 11 is 0. The van der Waals surface area contributed by atoms with Crippen molar-refractivity contribution in [2.75, 3.05) is 5.32 Å². The Hall–Kier alpha value is -2.17. The monoisotopic (exact) mass is 271 g/mol. The number of fused-ring (bicyclic) bond motifs is 1. The fraction of sp³-hybridized carbons (Fsp3) is 0.400. The van der Waals surface area contributed by atoms with E-state index in [-0.39, 0.29) is 16.1 Å². The second-order valence-corrected chi connectivity index (χ2v) is 5.70. The van der Waals surface area contributed by atoms with Crippen LogP contribution in [0, 0.1) is 10.1 Å². The molecule has 5 heteroatoms. The van der Waals surface area contributed by atoms with Gasteiger partial charge in [-0.2, -0.15) is 0 Å². The minimum absolute atomic E-state index is 0.0822. The van der Waals surface area contributed by atoms with Crippen molar-refractivity contribution in [3.05, 3.63) is 40.7 Å². The highest BCUT2D eigenvalue weighted by Crippen LogP contribution is 2.36. The summed E-state index contributed by atoms with van der Waals surface area (Å²) in [7, 11) is 0. The number of anilines is 1. The smallest absolute Gasteiger partial charge is 0.277 e. The average molecular weight is 271 g/mol. The van der Waals surface area contributed by atoms with Gasteiger partial charge in [0.25, 0.3) is 5.69 Å². The van der Waals surface area contributed by atoms with Crippen LogP contribution in [-0.4, -0.2) is 15.4 Å². The van der Waals surface area contributed by atoms with Crippen LogP contribution in [0.25, 0.3) is 10.8 Å². The minimum Gasteiger partial charge on any atom is -0.379 e. The zero-order valence-corrected chi connectivity index (χ0v) is 11.4. The van der Waals surface area contributed by atoms with Crippen LogP contribution < -0.4 is 5.32 Å². The average Bonchev–Trinajstić information content (AvgIpc) is 2.85. The third-order valence-corrected chi connectivity index (χ3v) is 4.14. The van der Waals surface area contributed by atoms with Gasteiger partial charge >= 0.3 is 0 Å². The Kier molecular flexibility index (Phi) is 3.04. The lowest BCUT2D eigenvalue weighted by Crippen LogP contribution is -2.30. The van der Waals surface area contributed by atoms with E-state index in [0.717, 1.165) is 23.9 Å². The zero-order chi connectivity index (χ0) is 14.2. The number of nitro benzene ring substituents is 1. The fourth-order valence-corrected chi connectivity index (χ4v) is 3.05. The molecular formula is C15H17N3O2. The van der Waals surface area contributed by atoms with E-state index in [9.17, 15) is 10.1 Å². The molecule has 0 amide bonds. The maximum absolute atomic E-state index is 11.1. The molecule has 1 aliphatic rings. The standard InChI is InChI=1S/C15H17N3O2/c1-15(7-2-3-8-15)17-13-4-5-14(18(19)20)11-6-9-16-10-12(11)13/h4-6,9-10,17H,2-3,7-8H2,1H3. The number of benzene rings is 1. The van der Waals surface area contributed by atoms with Crippen molar-refractivity contribution in [1.29, 1.82) is 0 Å². The van der Waals surface area contributed by atoms with Gasteiger partial charge in [0.05, 0.1) is 10.3 Å². The van der Waals surface area contributed by atoms with Crippen LogP contribution in [0.5, 0.6) is 0 Å². The van der Waals surface area contributed by atoms with E-state index < -0.39 is 0 Å². The van der Waals surface area contributed by atoms with E-state index in [1.54, 1.807) is 30.6 Å². The summed E-state index contributed by atoms with van der Waals surface area (Å²) in [4.78, 5) is 14.9. The molecule has 0 unspecified atom stereocenters. The number of pyridine rings is 1. The van der Waals surface area contributed by atoms with Crippen molar-refractivity contribution >= 4 is 22.1 Å². The Balaban J connectivity index is 2.08. The summed E-state index contributed by atoms with van der Waals surface area (Å²) in [6.07, 6.45) is 8.01. The van der Waals surface area contributed by atoms with Gasteiger partial charge in [-0.25, -0.2) is 0 Å². The lowest BCUT2D eigenvalue weighted by molar-refractivity contribution is -0.383. The number of nitro groups is 1. The molecule has 0 bridgehead atoms. The number of nitrogens with zero attached hydrogens (tertiary/aromatic N) is 2. The van der Waals surface area contributed by atoms with E-state index in [0.29, 0.717) is 5.39 Å². The predicted molar refractivity (Wildman–Crippen MR) is 78.9 cm³/mol. The molecule has 1 aliphatic carbocycles. The van der Waals surface area contributed by atoms with E-state index in [2.05, 4.69) is 17.2 Å². The van der Waals surface area contributed by atoms with Gasteiger partial charge in [-0.15, -0.1) is 0 Å². The third kappa shape index (κ3) is 2.19. The van der Waals surface area contributed by atoms with Crippen LogP contribution in [0.2, 0.25) is 0 Å². The van der Waals surface area contributed by atoms with Gasteiger partial charge in [-0.3, -0.25) is 15.1 Å². The fourth-order valence-electron chi connectivity index (χ4n) is 3.05. The second kappa shape index (κ2) is 4.74. The quantitative estimate of drug-likeness (QED) is 0.679. The maximum atomic E-state index is 11.1. The minimum atomic E-state index is -0.344. The lowest BCUT2D eigenvalue weighted by Gasteiger charge is -2.27. The molecule has 1 heterocycles. The maximum Gasteiger partial charge on any atom is 0.277 e. The Morgan fingerprint density at radius 2 is 2.00 bits per heavy atom. The van der Waals surface area contributed by atoms with Gasteiger partial charge < -0.3 is 5.32 Å². The van der Waals surface area contributed by atoms with Crippen LogP contribution in [0.3, 0.4) is 0 Å². The second-order valence-electron chi connectivity index (χ2n) is 5.70. The predicted octanol–water partition coefficient (Wildman–Crippen LogP) is 3.89. The molecule has 0 aliphatic heterocycles. The molecule has 0 atom stereocenters. The summed E-state index contributed by atoms with van der Waals surface area (Å²) in [6.45, 7) is 2.21. The van der Waals surface area contributed by atoms with E-state index in [1.807, 2.05) is 0 Å². The number of nitrogens with one attached hydrogen (secondary N) is 1. The van der Waals surface area contributed by atoms with Crippen LogP contribution >= 0.6 is 0 Å². The zero-order valence-electron chi connectivity index (χ0n) is 11.4. The molecule has 1 aromatic heterocycles. The SMILES string of the molecule is CC1(Nc2ccc([N+](=O)[O-])c3ccncc23)CCCC1. The molecule has 1 saturated carbocycles. The molecule has 3 rings (SSSR count). The summed E-state index contributed by atoms with van der Waals surface area (Å²) in [5.41, 5.74) is 1.14. The Morgan fingerprint density at radius 3 is 2.70 bits per heavy atom. The summed E-state index contributed by atoms with van der Waals surface area (Å²) in [5, 5.41) is 16.1. The third-order valence-electron chi connectivity index (χ3n) is 4.14. The number of non-ortho nitro benzene ring substituents is 1. The normalized spacial score (nSPS) is 17.2. The first-order valence-corrected chi connectivity index (χ1v) is 6.88.